The van der Waals surface area contributed by atoms with Gasteiger partial charge in [-0.25, -0.2) is 8.42 Å². The number of hydrogen-bond acceptors (Lipinski definition) is 2. The molecule has 0 saturated heterocycles. The monoisotopic (exact) mass is 500 g/mol. The smallest absolute Gasteiger partial charge is 0.218 e. The summed E-state index contributed by atoms with van der Waals surface area (Å²) in [6.45, 7) is 1.51. The highest BCUT2D eigenvalue weighted by atomic mass is 32.2. The van der Waals surface area contributed by atoms with Gasteiger partial charge in [0.2, 0.25) is 9.84 Å². The van der Waals surface area contributed by atoms with E-state index < -0.39 is 50.4 Å². The Bertz CT molecular complexity index is 929. The third kappa shape index (κ3) is 4.09. The van der Waals surface area contributed by atoms with Gasteiger partial charge in [0.25, 0.3) is 0 Å². The van der Waals surface area contributed by atoms with E-state index in [2.05, 4.69) is 0 Å². The molecule has 1 rings (SSSR count). The molecule has 0 aliphatic carbocycles. The molecule has 0 atom stereocenters. The average Bonchev–Trinajstić information content (AvgIpc) is 2.59. The van der Waals surface area contributed by atoms with E-state index >= 15 is 0 Å². The fraction of sp³-hybridized carbons (Fsp3) is 0.467. The van der Waals surface area contributed by atoms with Crippen molar-refractivity contribution >= 4 is 15.9 Å². The molecule has 0 aliphatic rings. The number of alkyl halides is 13. The van der Waals surface area contributed by atoms with Crippen LogP contribution < -0.4 is 0 Å². The molecule has 2 nitrogen and oxygen atoms in total. The van der Waals surface area contributed by atoms with E-state index in [9.17, 15) is 65.5 Å². The second-order valence-corrected chi connectivity index (χ2v) is 7.95. The van der Waals surface area contributed by atoms with E-state index in [4.69, 9.17) is 0 Å². The minimum absolute atomic E-state index is 0.152. The van der Waals surface area contributed by atoms with Gasteiger partial charge in [-0.15, -0.1) is 0 Å². The van der Waals surface area contributed by atoms with Crippen molar-refractivity contribution in [1.82, 2.24) is 0 Å². The first-order valence-corrected chi connectivity index (χ1v) is 8.97. The van der Waals surface area contributed by atoms with Crippen molar-refractivity contribution in [2.24, 2.45) is 0 Å². The van der Waals surface area contributed by atoms with Crippen LogP contribution in [0.5, 0.6) is 0 Å². The lowest BCUT2D eigenvalue weighted by molar-refractivity contribution is -0.433. The minimum atomic E-state index is -8.17. The van der Waals surface area contributed by atoms with E-state index in [1.807, 2.05) is 0 Å². The van der Waals surface area contributed by atoms with Gasteiger partial charge in [0.05, 0.1) is 0 Å². The minimum Gasteiger partial charge on any atom is -0.218 e. The van der Waals surface area contributed by atoms with E-state index in [-0.39, 0.29) is 11.6 Å². The molecule has 0 aromatic heterocycles. The molecule has 0 saturated carbocycles. The van der Waals surface area contributed by atoms with Crippen LogP contribution in [0.25, 0.3) is 6.08 Å². The number of sulfone groups is 1. The molecule has 1 aromatic rings. The fourth-order valence-corrected chi connectivity index (χ4v) is 2.86. The van der Waals surface area contributed by atoms with Crippen molar-refractivity contribution in [2.75, 3.05) is 0 Å². The summed E-state index contributed by atoms with van der Waals surface area (Å²) in [5, 5.41) is -8.03. The van der Waals surface area contributed by atoms with Gasteiger partial charge in [-0.3, -0.25) is 0 Å². The molecule has 31 heavy (non-hydrogen) atoms. The second-order valence-electron chi connectivity index (χ2n) is 6.07. The number of rotatable bonds is 7. The lowest BCUT2D eigenvalue weighted by Crippen LogP contribution is -2.70. The summed E-state index contributed by atoms with van der Waals surface area (Å²) >= 11 is 0. The summed E-state index contributed by atoms with van der Waals surface area (Å²) in [7, 11) is -6.95. The standard InChI is InChI=1S/C15H9F13O2S/c1-8-2-4-9(5-3-8)6-7-31(29,30)15(27,28)13(22,23)11(18,19)10(16,17)12(20,21)14(24,25)26/h2-7H,1H3. The van der Waals surface area contributed by atoms with Gasteiger partial charge in [-0.1, -0.05) is 29.8 Å². The topological polar surface area (TPSA) is 34.1 Å². The Morgan fingerprint density at radius 2 is 1.03 bits per heavy atom. The van der Waals surface area contributed by atoms with Crippen LogP contribution in [-0.2, 0) is 9.84 Å². The van der Waals surface area contributed by atoms with Crippen molar-refractivity contribution in [3.05, 3.63) is 40.8 Å². The SMILES string of the molecule is Cc1ccc(C=CS(=O)(=O)C(F)(F)C(F)(F)C(F)(F)C(F)(F)C(F)(F)C(F)(F)F)cc1. The van der Waals surface area contributed by atoms with Crippen LogP contribution in [0.1, 0.15) is 11.1 Å². The van der Waals surface area contributed by atoms with Crippen LogP contribution in [0, 0.1) is 6.92 Å². The van der Waals surface area contributed by atoms with Crippen LogP contribution in [0.15, 0.2) is 29.7 Å². The summed E-state index contributed by atoms with van der Waals surface area (Å²) in [5.41, 5.74) is 0.262. The summed E-state index contributed by atoms with van der Waals surface area (Å²) < 4.78 is 192. The molecule has 0 fully saturated rings. The number of aryl methyl sites for hydroxylation is 1. The Hall–Kier alpha value is -2.00. The van der Waals surface area contributed by atoms with Gasteiger partial charge < -0.3 is 0 Å². The van der Waals surface area contributed by atoms with E-state index in [1.165, 1.54) is 19.1 Å². The predicted octanol–water partition coefficient (Wildman–Crippen LogP) is 6.08. The summed E-state index contributed by atoms with van der Waals surface area (Å²) in [6.07, 6.45) is -7.42. The molecular formula is C15H9F13O2S. The lowest BCUT2D eigenvalue weighted by Gasteiger charge is -2.39. The molecule has 0 heterocycles. The van der Waals surface area contributed by atoms with E-state index in [1.54, 1.807) is 0 Å². The number of benzene rings is 1. The zero-order chi connectivity index (χ0) is 24.9. The third-order valence-electron chi connectivity index (χ3n) is 3.78. The van der Waals surface area contributed by atoms with Crippen molar-refractivity contribution < 1.29 is 65.5 Å². The van der Waals surface area contributed by atoms with Gasteiger partial charge in [0.1, 0.15) is 0 Å². The Morgan fingerprint density at radius 1 is 0.645 bits per heavy atom. The highest BCUT2D eigenvalue weighted by molar-refractivity contribution is 7.95. The molecule has 178 valence electrons. The number of hydrogen-bond donors (Lipinski definition) is 0. The maximum Gasteiger partial charge on any atom is 0.460 e. The Morgan fingerprint density at radius 3 is 1.42 bits per heavy atom. The highest BCUT2D eigenvalue weighted by Crippen LogP contribution is 2.61. The number of halogens is 13. The maximum atomic E-state index is 13.7. The Kier molecular flexibility index (Phi) is 6.58. The lowest BCUT2D eigenvalue weighted by atomic mass is 9.98. The molecule has 0 aliphatic heterocycles. The fourth-order valence-electron chi connectivity index (χ4n) is 1.86. The third-order valence-corrected chi connectivity index (χ3v) is 5.24. The zero-order valence-corrected chi connectivity index (χ0v) is 15.4. The molecular weight excluding hydrogens is 491 g/mol. The molecule has 0 N–H and O–H groups in total. The summed E-state index contributed by atoms with van der Waals surface area (Å²) in [4.78, 5) is 0. The van der Waals surface area contributed by atoms with Gasteiger partial charge in [0.15, 0.2) is 0 Å². The molecule has 0 amide bonds. The normalized spacial score (nSPS) is 15.5. The Labute approximate surface area is 165 Å². The van der Waals surface area contributed by atoms with Gasteiger partial charge in [-0.05, 0) is 18.6 Å². The first-order valence-electron chi connectivity index (χ1n) is 7.42. The van der Waals surface area contributed by atoms with Crippen LogP contribution in [0.4, 0.5) is 57.1 Å². The largest absolute Gasteiger partial charge is 0.460 e. The predicted molar refractivity (Wildman–Crippen MR) is 79.9 cm³/mol. The van der Waals surface area contributed by atoms with Gasteiger partial charge in [-0.2, -0.15) is 57.1 Å². The van der Waals surface area contributed by atoms with Crippen LogP contribution in [-0.4, -0.2) is 43.5 Å². The molecule has 0 radical (unpaired) electrons. The average molecular weight is 500 g/mol. The first kappa shape index (κ1) is 27.0. The van der Waals surface area contributed by atoms with Gasteiger partial charge >= 0.3 is 35.1 Å². The maximum absolute atomic E-state index is 13.7. The van der Waals surface area contributed by atoms with Crippen LogP contribution in [0.2, 0.25) is 0 Å². The molecule has 16 heteroatoms. The van der Waals surface area contributed by atoms with Crippen molar-refractivity contribution in [3.63, 3.8) is 0 Å². The zero-order valence-electron chi connectivity index (χ0n) is 14.6. The first-order chi connectivity index (χ1) is 13.5. The molecule has 0 unspecified atom stereocenters. The van der Waals surface area contributed by atoms with Crippen LogP contribution >= 0.6 is 0 Å². The highest BCUT2D eigenvalue weighted by Gasteiger charge is 2.92. The van der Waals surface area contributed by atoms with Crippen molar-refractivity contribution in [2.45, 2.75) is 42.0 Å². The summed E-state index contributed by atoms with van der Waals surface area (Å²) in [5.74, 6) is -32.2. The quantitative estimate of drug-likeness (QED) is 0.426. The Balaban J connectivity index is 3.52. The van der Waals surface area contributed by atoms with Crippen molar-refractivity contribution in [3.8, 4) is 0 Å². The summed E-state index contributed by atoms with van der Waals surface area (Å²) in [6, 6.07) is 4.58. The van der Waals surface area contributed by atoms with Crippen molar-refractivity contribution in [1.29, 1.82) is 0 Å². The van der Waals surface area contributed by atoms with Crippen LogP contribution in [0.3, 0.4) is 0 Å². The molecule has 1 aromatic carbocycles. The second kappa shape index (κ2) is 7.55. The molecule has 0 bridgehead atoms. The van der Waals surface area contributed by atoms with Gasteiger partial charge in [0, 0.05) is 5.41 Å². The molecule has 0 spiro atoms. The van der Waals surface area contributed by atoms with E-state index in [0.29, 0.717) is 5.56 Å². The van der Waals surface area contributed by atoms with E-state index in [0.717, 1.165) is 12.1 Å².